The van der Waals surface area contributed by atoms with E-state index in [1.54, 1.807) is 0 Å². The van der Waals surface area contributed by atoms with Crippen LogP contribution in [0.1, 0.15) is 44.1 Å². The van der Waals surface area contributed by atoms with Crippen LogP contribution in [0.2, 0.25) is 5.02 Å². The highest BCUT2D eigenvalue weighted by atomic mass is 35.5. The first-order valence-electron chi connectivity index (χ1n) is 6.09. The summed E-state index contributed by atoms with van der Waals surface area (Å²) in [5.41, 5.74) is 1.79. The van der Waals surface area contributed by atoms with E-state index in [-0.39, 0.29) is 0 Å². The maximum Gasteiger partial charge on any atom is 0.0406 e. The highest BCUT2D eigenvalue weighted by Gasteiger charge is 2.15. The van der Waals surface area contributed by atoms with Crippen LogP contribution >= 0.6 is 11.6 Å². The summed E-state index contributed by atoms with van der Waals surface area (Å²) in [5, 5.41) is 8.84. The zero-order valence-electron chi connectivity index (χ0n) is 9.51. The molecule has 86 valence electrons. The van der Waals surface area contributed by atoms with Crippen molar-refractivity contribution < 1.29 is 0 Å². The summed E-state index contributed by atoms with van der Waals surface area (Å²) in [7, 11) is 0. The first-order chi connectivity index (χ1) is 7.75. The van der Waals surface area contributed by atoms with Crippen molar-refractivity contribution in [2.45, 2.75) is 38.5 Å². The van der Waals surface area contributed by atoms with Crippen molar-refractivity contribution in [3.05, 3.63) is 34.9 Å². The van der Waals surface area contributed by atoms with Gasteiger partial charge in [-0.05, 0) is 30.0 Å². The van der Waals surface area contributed by atoms with Crippen molar-refractivity contribution in [3.8, 4) is 0 Å². The fraction of sp³-hybridized carbons (Fsp3) is 0.500. The molecule has 2 rings (SSSR count). The summed E-state index contributed by atoms with van der Waals surface area (Å²) in [5.74, 6) is 0.733. The Bertz CT molecular complexity index is 350. The molecule has 1 aliphatic rings. The average Bonchev–Trinajstić information content (AvgIpc) is 2.31. The van der Waals surface area contributed by atoms with Crippen LogP contribution in [0.4, 0.5) is 0 Å². The van der Waals surface area contributed by atoms with Gasteiger partial charge >= 0.3 is 0 Å². The maximum atomic E-state index is 8.09. The molecular formula is C14H18ClN. The summed E-state index contributed by atoms with van der Waals surface area (Å²) in [4.78, 5) is 0. The normalized spacial score (nSPS) is 17.3. The smallest absolute Gasteiger partial charge is 0.0406 e. The highest BCUT2D eigenvalue weighted by Crippen LogP contribution is 2.27. The van der Waals surface area contributed by atoms with Crippen LogP contribution < -0.4 is 0 Å². The lowest BCUT2D eigenvalue weighted by molar-refractivity contribution is 0.368. The molecular weight excluding hydrogens is 218 g/mol. The number of rotatable bonds is 3. The minimum Gasteiger partial charge on any atom is -0.305 e. The SMILES string of the molecule is N=C(CC1CCCCC1)c1ccc(Cl)cc1. The van der Waals surface area contributed by atoms with Crippen molar-refractivity contribution in [1.82, 2.24) is 0 Å². The van der Waals surface area contributed by atoms with E-state index in [9.17, 15) is 0 Å². The monoisotopic (exact) mass is 235 g/mol. The Labute approximate surface area is 102 Å². The van der Waals surface area contributed by atoms with Gasteiger partial charge in [0.05, 0.1) is 0 Å². The van der Waals surface area contributed by atoms with E-state index in [1.807, 2.05) is 24.3 Å². The zero-order chi connectivity index (χ0) is 11.4. The van der Waals surface area contributed by atoms with E-state index in [2.05, 4.69) is 0 Å². The summed E-state index contributed by atoms with van der Waals surface area (Å²) < 4.78 is 0. The fourth-order valence-electron chi connectivity index (χ4n) is 2.45. The second kappa shape index (κ2) is 5.49. The lowest BCUT2D eigenvalue weighted by Crippen LogP contribution is -2.12. The second-order valence-electron chi connectivity index (χ2n) is 4.69. The van der Waals surface area contributed by atoms with Crippen LogP contribution in [0.25, 0.3) is 0 Å². The Hall–Kier alpha value is -0.820. The van der Waals surface area contributed by atoms with Crippen molar-refractivity contribution in [3.63, 3.8) is 0 Å². The van der Waals surface area contributed by atoms with Crippen LogP contribution in [0.3, 0.4) is 0 Å². The second-order valence-corrected chi connectivity index (χ2v) is 5.13. The molecule has 16 heavy (non-hydrogen) atoms. The van der Waals surface area contributed by atoms with Crippen LogP contribution in [0.5, 0.6) is 0 Å². The van der Waals surface area contributed by atoms with E-state index in [0.29, 0.717) is 0 Å². The first kappa shape index (κ1) is 11.7. The third-order valence-electron chi connectivity index (χ3n) is 3.41. The van der Waals surface area contributed by atoms with Crippen molar-refractivity contribution >= 4 is 17.3 Å². The minimum absolute atomic E-state index is 0.733. The van der Waals surface area contributed by atoms with Gasteiger partial charge in [0.25, 0.3) is 0 Å². The highest BCUT2D eigenvalue weighted by molar-refractivity contribution is 6.30. The van der Waals surface area contributed by atoms with Gasteiger partial charge in [0.15, 0.2) is 0 Å². The predicted molar refractivity (Wildman–Crippen MR) is 69.5 cm³/mol. The van der Waals surface area contributed by atoms with Crippen molar-refractivity contribution in [1.29, 1.82) is 5.41 Å². The maximum absolute atomic E-state index is 8.09. The van der Waals surface area contributed by atoms with Crippen LogP contribution in [0.15, 0.2) is 24.3 Å². The van der Waals surface area contributed by atoms with E-state index < -0.39 is 0 Å². The minimum atomic E-state index is 0.733. The number of nitrogens with one attached hydrogen (secondary N) is 1. The van der Waals surface area contributed by atoms with E-state index in [0.717, 1.165) is 28.6 Å². The predicted octanol–water partition coefficient (Wildman–Crippen LogP) is 4.68. The molecule has 0 spiro atoms. The molecule has 0 unspecified atom stereocenters. The first-order valence-corrected chi connectivity index (χ1v) is 6.47. The summed E-state index contributed by atoms with van der Waals surface area (Å²) in [6, 6.07) is 7.64. The number of hydrogen-bond donors (Lipinski definition) is 1. The number of halogens is 1. The summed E-state index contributed by atoms with van der Waals surface area (Å²) in [6.45, 7) is 0. The molecule has 0 aromatic heterocycles. The molecule has 0 saturated heterocycles. The topological polar surface area (TPSA) is 23.9 Å². The van der Waals surface area contributed by atoms with Gasteiger partial charge in [-0.1, -0.05) is 55.8 Å². The van der Waals surface area contributed by atoms with Crippen molar-refractivity contribution in [2.24, 2.45) is 5.92 Å². The summed E-state index contributed by atoms with van der Waals surface area (Å²) in [6.07, 6.45) is 7.61. The van der Waals surface area contributed by atoms with Gasteiger partial charge in [0, 0.05) is 10.7 Å². The van der Waals surface area contributed by atoms with Gasteiger partial charge in [-0.2, -0.15) is 0 Å². The van der Waals surface area contributed by atoms with Gasteiger partial charge in [0.2, 0.25) is 0 Å². The molecule has 1 aliphatic carbocycles. The molecule has 0 radical (unpaired) electrons. The molecule has 1 N–H and O–H groups in total. The molecule has 1 fully saturated rings. The summed E-state index contributed by atoms with van der Waals surface area (Å²) >= 11 is 5.84. The Kier molecular flexibility index (Phi) is 4.00. The fourth-order valence-corrected chi connectivity index (χ4v) is 2.57. The van der Waals surface area contributed by atoms with E-state index in [1.165, 1.54) is 32.1 Å². The Morgan fingerprint density at radius 1 is 1.12 bits per heavy atom. The molecule has 0 atom stereocenters. The van der Waals surface area contributed by atoms with Gasteiger partial charge in [0.1, 0.15) is 0 Å². The Balaban J connectivity index is 1.94. The van der Waals surface area contributed by atoms with E-state index in [4.69, 9.17) is 17.0 Å². The number of benzene rings is 1. The average molecular weight is 236 g/mol. The molecule has 0 aliphatic heterocycles. The van der Waals surface area contributed by atoms with Gasteiger partial charge in [-0.25, -0.2) is 0 Å². The third kappa shape index (κ3) is 3.08. The van der Waals surface area contributed by atoms with E-state index >= 15 is 0 Å². The zero-order valence-corrected chi connectivity index (χ0v) is 10.3. The number of hydrogen-bond acceptors (Lipinski definition) is 1. The Morgan fingerprint density at radius 2 is 1.75 bits per heavy atom. The molecule has 0 amide bonds. The lowest BCUT2D eigenvalue weighted by Gasteiger charge is -2.21. The van der Waals surface area contributed by atoms with Crippen LogP contribution in [-0.4, -0.2) is 5.71 Å². The molecule has 1 saturated carbocycles. The van der Waals surface area contributed by atoms with Crippen molar-refractivity contribution in [2.75, 3.05) is 0 Å². The van der Waals surface area contributed by atoms with Crippen LogP contribution in [-0.2, 0) is 0 Å². The largest absolute Gasteiger partial charge is 0.305 e. The molecule has 0 heterocycles. The molecule has 1 aromatic carbocycles. The van der Waals surface area contributed by atoms with Gasteiger partial charge < -0.3 is 5.41 Å². The standard InChI is InChI=1S/C14H18ClN/c15-13-8-6-12(7-9-13)14(16)10-11-4-2-1-3-5-11/h6-9,11,16H,1-5,10H2. The third-order valence-corrected chi connectivity index (χ3v) is 3.66. The van der Waals surface area contributed by atoms with Crippen LogP contribution in [0, 0.1) is 11.3 Å². The molecule has 1 aromatic rings. The molecule has 1 nitrogen and oxygen atoms in total. The lowest BCUT2D eigenvalue weighted by atomic mass is 9.84. The van der Waals surface area contributed by atoms with Gasteiger partial charge in [-0.15, -0.1) is 0 Å². The molecule has 2 heteroatoms. The van der Waals surface area contributed by atoms with Gasteiger partial charge in [-0.3, -0.25) is 0 Å². The Morgan fingerprint density at radius 3 is 2.38 bits per heavy atom. The quantitative estimate of drug-likeness (QED) is 0.736. The molecule has 0 bridgehead atoms.